The number of carbonyl (C=O) groups excluding carboxylic acids is 2. The molecule has 1 aromatic heterocycles. The van der Waals surface area contributed by atoms with Crippen molar-refractivity contribution in [2.24, 2.45) is 0 Å². The van der Waals surface area contributed by atoms with Crippen LogP contribution >= 0.6 is 0 Å². The zero-order chi connectivity index (χ0) is 22.5. The highest BCUT2D eigenvalue weighted by atomic mass is 32.2. The van der Waals surface area contributed by atoms with E-state index in [0.29, 0.717) is 12.1 Å². The highest BCUT2D eigenvalue weighted by Crippen LogP contribution is 2.18. The molecule has 2 amide bonds. The molecule has 10 nitrogen and oxygen atoms in total. The fraction of sp³-hybridized carbons (Fsp3) is 0.474. The standard InChI is InChI=1S/C19H26N4O6S/c1-6-13-9-7-8-10-14(13)21-15(24)11-30(26,27)18-23-22-16(28-18)12(2)20-17(25)29-19(3,4)5/h7-10,12H,6,11H2,1-5H3,(H,20,25)(H,21,24). The Kier molecular flexibility index (Phi) is 7.19. The van der Waals surface area contributed by atoms with E-state index in [1.165, 1.54) is 6.92 Å². The molecule has 30 heavy (non-hydrogen) atoms. The smallest absolute Gasteiger partial charge is 0.408 e. The minimum atomic E-state index is -4.17. The van der Waals surface area contributed by atoms with Crippen molar-refractivity contribution in [3.63, 3.8) is 0 Å². The summed E-state index contributed by atoms with van der Waals surface area (Å²) in [6, 6.07) is 6.32. The lowest BCUT2D eigenvalue weighted by atomic mass is 10.1. The maximum atomic E-state index is 12.5. The molecule has 0 bridgehead atoms. The van der Waals surface area contributed by atoms with Gasteiger partial charge in [-0.25, -0.2) is 13.2 Å². The predicted octanol–water partition coefficient (Wildman–Crippen LogP) is 2.63. The first-order valence-electron chi connectivity index (χ1n) is 9.34. The van der Waals surface area contributed by atoms with Crippen LogP contribution in [0.1, 0.15) is 52.1 Å². The van der Waals surface area contributed by atoms with Crippen molar-refractivity contribution in [3.8, 4) is 0 Å². The van der Waals surface area contributed by atoms with Gasteiger partial charge in [-0.3, -0.25) is 4.79 Å². The Balaban J connectivity index is 2.04. The molecule has 0 aliphatic carbocycles. The molecule has 11 heteroatoms. The van der Waals surface area contributed by atoms with E-state index in [-0.39, 0.29) is 5.89 Å². The van der Waals surface area contributed by atoms with Gasteiger partial charge < -0.3 is 19.8 Å². The van der Waals surface area contributed by atoms with Crippen LogP contribution in [0.2, 0.25) is 0 Å². The predicted molar refractivity (Wildman–Crippen MR) is 109 cm³/mol. The van der Waals surface area contributed by atoms with E-state index in [4.69, 9.17) is 9.15 Å². The van der Waals surface area contributed by atoms with Gasteiger partial charge >= 0.3 is 11.3 Å². The van der Waals surface area contributed by atoms with Crippen molar-refractivity contribution < 1.29 is 27.2 Å². The summed E-state index contributed by atoms with van der Waals surface area (Å²) >= 11 is 0. The van der Waals surface area contributed by atoms with Crippen LogP contribution in [-0.4, -0.2) is 42.0 Å². The lowest BCUT2D eigenvalue weighted by Gasteiger charge is -2.20. The number of anilines is 1. The molecular formula is C19H26N4O6S. The number of para-hydroxylation sites is 1. The van der Waals surface area contributed by atoms with Crippen LogP contribution in [0, 0.1) is 0 Å². The first kappa shape index (κ1) is 23.3. The van der Waals surface area contributed by atoms with Gasteiger partial charge in [0.15, 0.2) is 0 Å². The highest BCUT2D eigenvalue weighted by Gasteiger charge is 2.28. The van der Waals surface area contributed by atoms with Gasteiger partial charge in [0.25, 0.3) is 0 Å². The molecule has 2 rings (SSSR count). The van der Waals surface area contributed by atoms with Crippen LogP contribution < -0.4 is 10.6 Å². The van der Waals surface area contributed by atoms with E-state index < -0.39 is 44.5 Å². The molecule has 1 heterocycles. The second-order valence-corrected chi connectivity index (χ2v) is 9.46. The first-order valence-corrected chi connectivity index (χ1v) is 11.0. The summed E-state index contributed by atoms with van der Waals surface area (Å²) in [4.78, 5) is 24.1. The summed E-state index contributed by atoms with van der Waals surface area (Å²) in [6.07, 6.45) is -0.0368. The first-order chi connectivity index (χ1) is 13.9. The van der Waals surface area contributed by atoms with E-state index in [2.05, 4.69) is 20.8 Å². The van der Waals surface area contributed by atoms with Crippen molar-refractivity contribution in [1.29, 1.82) is 0 Å². The van der Waals surface area contributed by atoms with Gasteiger partial charge in [0, 0.05) is 5.69 Å². The van der Waals surface area contributed by atoms with E-state index in [1.807, 2.05) is 19.1 Å². The third kappa shape index (κ3) is 6.55. The number of amides is 2. The Labute approximate surface area is 175 Å². The number of sulfone groups is 1. The fourth-order valence-corrected chi connectivity index (χ4v) is 3.36. The van der Waals surface area contributed by atoms with Gasteiger partial charge in [0.05, 0.1) is 0 Å². The molecule has 0 aliphatic rings. The van der Waals surface area contributed by atoms with E-state index in [0.717, 1.165) is 5.56 Å². The Morgan fingerprint density at radius 3 is 2.50 bits per heavy atom. The number of aromatic nitrogens is 2. The van der Waals surface area contributed by atoms with Gasteiger partial charge in [-0.1, -0.05) is 30.2 Å². The van der Waals surface area contributed by atoms with Gasteiger partial charge in [0.2, 0.25) is 21.6 Å². The maximum absolute atomic E-state index is 12.5. The highest BCUT2D eigenvalue weighted by molar-refractivity contribution is 7.91. The number of nitrogens with zero attached hydrogens (tertiary/aromatic N) is 2. The number of hydrogen-bond acceptors (Lipinski definition) is 8. The van der Waals surface area contributed by atoms with Gasteiger partial charge in [-0.15, -0.1) is 5.10 Å². The molecule has 0 spiro atoms. The molecule has 0 saturated carbocycles. The number of rotatable bonds is 7. The second-order valence-electron chi connectivity index (χ2n) is 7.59. The van der Waals surface area contributed by atoms with Crippen molar-refractivity contribution in [2.75, 3.05) is 11.1 Å². The van der Waals surface area contributed by atoms with E-state index >= 15 is 0 Å². The van der Waals surface area contributed by atoms with Gasteiger partial charge in [-0.2, -0.15) is 0 Å². The zero-order valence-corrected chi connectivity index (χ0v) is 18.4. The minimum Gasteiger partial charge on any atom is -0.444 e. The van der Waals surface area contributed by atoms with Crippen molar-refractivity contribution in [1.82, 2.24) is 15.5 Å². The molecule has 0 saturated heterocycles. The van der Waals surface area contributed by atoms with Crippen LogP contribution in [0.5, 0.6) is 0 Å². The largest absolute Gasteiger partial charge is 0.444 e. The number of hydrogen-bond donors (Lipinski definition) is 2. The number of aryl methyl sites for hydroxylation is 1. The summed E-state index contributed by atoms with van der Waals surface area (Å²) < 4.78 is 35.2. The second kappa shape index (κ2) is 9.24. The SMILES string of the molecule is CCc1ccccc1NC(=O)CS(=O)(=O)c1nnc(C(C)NC(=O)OC(C)(C)C)o1. The summed E-state index contributed by atoms with van der Waals surface area (Å²) in [5, 5.41) is 11.5. The summed E-state index contributed by atoms with van der Waals surface area (Å²) in [5.41, 5.74) is 0.726. The van der Waals surface area contributed by atoms with Gasteiger partial charge in [-0.05, 0) is 45.7 Å². The number of nitrogens with one attached hydrogen (secondary N) is 2. The van der Waals surface area contributed by atoms with Crippen LogP contribution in [0.15, 0.2) is 33.9 Å². The Morgan fingerprint density at radius 1 is 1.20 bits per heavy atom. The number of alkyl carbamates (subject to hydrolysis) is 1. The molecule has 1 atom stereocenters. The lowest BCUT2D eigenvalue weighted by molar-refractivity contribution is -0.113. The normalized spacial score (nSPS) is 12.8. The summed E-state index contributed by atoms with van der Waals surface area (Å²) in [7, 11) is -4.17. The molecule has 2 aromatic rings. The maximum Gasteiger partial charge on any atom is 0.408 e. The number of ether oxygens (including phenoxy) is 1. The topological polar surface area (TPSA) is 140 Å². The van der Waals surface area contributed by atoms with Crippen LogP contribution in [0.4, 0.5) is 10.5 Å². The van der Waals surface area contributed by atoms with E-state index in [9.17, 15) is 18.0 Å². The lowest BCUT2D eigenvalue weighted by Crippen LogP contribution is -2.34. The molecule has 0 aliphatic heterocycles. The molecule has 1 aromatic carbocycles. The van der Waals surface area contributed by atoms with Gasteiger partial charge in [0.1, 0.15) is 17.4 Å². The van der Waals surface area contributed by atoms with Crippen LogP contribution in [0.3, 0.4) is 0 Å². The molecule has 0 radical (unpaired) electrons. The Morgan fingerprint density at radius 2 is 1.87 bits per heavy atom. The monoisotopic (exact) mass is 438 g/mol. The molecular weight excluding hydrogens is 412 g/mol. The third-order valence-electron chi connectivity index (χ3n) is 3.79. The average Bonchev–Trinajstić information content (AvgIpc) is 3.11. The molecule has 0 fully saturated rings. The fourth-order valence-electron chi connectivity index (χ4n) is 2.44. The average molecular weight is 439 g/mol. The van der Waals surface area contributed by atoms with Crippen LogP contribution in [-0.2, 0) is 25.8 Å². The molecule has 1 unspecified atom stereocenters. The minimum absolute atomic E-state index is 0.129. The van der Waals surface area contributed by atoms with Crippen LogP contribution in [0.25, 0.3) is 0 Å². The van der Waals surface area contributed by atoms with E-state index in [1.54, 1.807) is 32.9 Å². The summed E-state index contributed by atoms with van der Waals surface area (Å²) in [6.45, 7) is 8.58. The quantitative estimate of drug-likeness (QED) is 0.672. The number of benzene rings is 1. The zero-order valence-electron chi connectivity index (χ0n) is 17.6. The Hall–Kier alpha value is -2.95. The van der Waals surface area contributed by atoms with Crippen molar-refractivity contribution in [2.45, 2.75) is 57.9 Å². The Bertz CT molecular complexity index is 1010. The third-order valence-corrected chi connectivity index (χ3v) is 5.12. The number of carbonyl (C=O) groups is 2. The molecule has 164 valence electrons. The van der Waals surface area contributed by atoms with Crippen molar-refractivity contribution in [3.05, 3.63) is 35.7 Å². The summed E-state index contributed by atoms with van der Waals surface area (Å²) in [5.74, 6) is -1.72. The molecule has 2 N–H and O–H groups in total. The van der Waals surface area contributed by atoms with Crippen molar-refractivity contribution >= 4 is 27.5 Å².